The Hall–Kier alpha value is -2.04. The molecule has 1 aromatic carbocycles. The minimum absolute atomic E-state index is 0.00988. The summed E-state index contributed by atoms with van der Waals surface area (Å²) in [5.74, 6) is 0.863. The zero-order valence-corrected chi connectivity index (χ0v) is 16.1. The number of carbonyl (C=O) groups is 2. The molecule has 0 radical (unpaired) electrons. The highest BCUT2D eigenvalue weighted by molar-refractivity contribution is 5.79. The van der Waals surface area contributed by atoms with Crippen LogP contribution >= 0.6 is 0 Å². The van der Waals surface area contributed by atoms with Gasteiger partial charge in [-0.3, -0.25) is 9.59 Å². The summed E-state index contributed by atoms with van der Waals surface area (Å²) in [5.41, 5.74) is 2.34. The summed E-state index contributed by atoms with van der Waals surface area (Å²) >= 11 is 0. The second-order valence-electron chi connectivity index (χ2n) is 8.03. The zero-order valence-electron chi connectivity index (χ0n) is 16.1. The van der Waals surface area contributed by atoms with Crippen LogP contribution in [0.3, 0.4) is 0 Å². The Balaban J connectivity index is 1.79. The molecule has 0 aliphatic carbocycles. The monoisotopic (exact) mass is 346 g/mol. The average Bonchev–Trinajstić information content (AvgIpc) is 2.54. The van der Waals surface area contributed by atoms with Gasteiger partial charge >= 0.3 is 0 Å². The summed E-state index contributed by atoms with van der Waals surface area (Å²) in [5, 5.41) is 0. The van der Waals surface area contributed by atoms with Crippen molar-refractivity contribution in [3.63, 3.8) is 0 Å². The number of piperazine rings is 1. The molecule has 5 heteroatoms. The van der Waals surface area contributed by atoms with E-state index in [2.05, 4.69) is 20.8 Å². The van der Waals surface area contributed by atoms with Crippen molar-refractivity contribution >= 4 is 11.8 Å². The van der Waals surface area contributed by atoms with E-state index >= 15 is 0 Å². The van der Waals surface area contributed by atoms with Gasteiger partial charge < -0.3 is 14.5 Å². The van der Waals surface area contributed by atoms with Gasteiger partial charge in [0.25, 0.3) is 5.91 Å². The average molecular weight is 346 g/mol. The van der Waals surface area contributed by atoms with E-state index in [0.29, 0.717) is 32.6 Å². The van der Waals surface area contributed by atoms with Crippen molar-refractivity contribution in [3.05, 3.63) is 29.3 Å². The summed E-state index contributed by atoms with van der Waals surface area (Å²) in [6.07, 6.45) is 0.539. The SMILES string of the molecule is Cc1ccc(OCC(=O)N2CCN(C(=O)CC(C)(C)C)CC2)cc1C. The van der Waals surface area contributed by atoms with Crippen molar-refractivity contribution in [3.8, 4) is 5.75 Å². The number of rotatable bonds is 4. The van der Waals surface area contributed by atoms with Crippen LogP contribution in [0.1, 0.15) is 38.3 Å². The highest BCUT2D eigenvalue weighted by Crippen LogP contribution is 2.20. The van der Waals surface area contributed by atoms with Gasteiger partial charge in [0, 0.05) is 32.6 Å². The van der Waals surface area contributed by atoms with Gasteiger partial charge in [-0.15, -0.1) is 0 Å². The van der Waals surface area contributed by atoms with Crippen LogP contribution in [0.5, 0.6) is 5.75 Å². The molecule has 0 atom stereocenters. The molecule has 0 aromatic heterocycles. The van der Waals surface area contributed by atoms with E-state index in [1.54, 1.807) is 4.90 Å². The summed E-state index contributed by atoms with van der Waals surface area (Å²) in [4.78, 5) is 28.2. The lowest BCUT2D eigenvalue weighted by molar-refractivity contribution is -0.141. The number of hydrogen-bond donors (Lipinski definition) is 0. The number of amides is 2. The lowest BCUT2D eigenvalue weighted by Gasteiger charge is -2.36. The number of ether oxygens (including phenoxy) is 1. The van der Waals surface area contributed by atoms with Crippen molar-refractivity contribution in [2.24, 2.45) is 5.41 Å². The van der Waals surface area contributed by atoms with Crippen molar-refractivity contribution in [1.82, 2.24) is 9.80 Å². The smallest absolute Gasteiger partial charge is 0.260 e. The van der Waals surface area contributed by atoms with Crippen LogP contribution in [0.4, 0.5) is 0 Å². The quantitative estimate of drug-likeness (QED) is 0.842. The van der Waals surface area contributed by atoms with Crippen LogP contribution in [0, 0.1) is 19.3 Å². The van der Waals surface area contributed by atoms with Gasteiger partial charge in [-0.2, -0.15) is 0 Å². The van der Waals surface area contributed by atoms with E-state index in [0.717, 1.165) is 11.3 Å². The molecule has 2 rings (SSSR count). The van der Waals surface area contributed by atoms with Crippen LogP contribution in [0.15, 0.2) is 18.2 Å². The third-order valence-electron chi connectivity index (χ3n) is 4.51. The Bertz CT molecular complexity index is 626. The van der Waals surface area contributed by atoms with Crippen LogP contribution in [-0.2, 0) is 9.59 Å². The second-order valence-corrected chi connectivity index (χ2v) is 8.03. The van der Waals surface area contributed by atoms with E-state index in [-0.39, 0.29) is 23.8 Å². The highest BCUT2D eigenvalue weighted by Gasteiger charge is 2.26. The number of carbonyl (C=O) groups excluding carboxylic acids is 2. The van der Waals surface area contributed by atoms with Crippen molar-refractivity contribution in [2.45, 2.75) is 41.0 Å². The van der Waals surface area contributed by atoms with E-state index in [9.17, 15) is 9.59 Å². The standard InChI is InChI=1S/C20H30N2O3/c1-15-6-7-17(12-16(15)2)25-14-19(24)22-10-8-21(9-11-22)18(23)13-20(3,4)5/h6-7,12H,8-11,13-14H2,1-5H3. The molecule has 0 unspecified atom stereocenters. The number of nitrogens with zero attached hydrogens (tertiary/aromatic N) is 2. The van der Waals surface area contributed by atoms with Gasteiger partial charge in [0.1, 0.15) is 5.75 Å². The van der Waals surface area contributed by atoms with E-state index < -0.39 is 0 Å². The maximum absolute atomic E-state index is 12.3. The molecule has 1 saturated heterocycles. The van der Waals surface area contributed by atoms with Gasteiger partial charge in [0.2, 0.25) is 5.91 Å². The van der Waals surface area contributed by atoms with E-state index in [1.165, 1.54) is 5.56 Å². The molecule has 1 aromatic rings. The Morgan fingerprint density at radius 1 is 0.960 bits per heavy atom. The number of benzene rings is 1. The summed E-state index contributed by atoms with van der Waals surface area (Å²) in [6.45, 7) is 12.7. The Morgan fingerprint density at radius 2 is 1.52 bits per heavy atom. The fourth-order valence-corrected chi connectivity index (χ4v) is 2.81. The fourth-order valence-electron chi connectivity index (χ4n) is 2.81. The van der Waals surface area contributed by atoms with Gasteiger partial charge in [0.15, 0.2) is 6.61 Å². The zero-order chi connectivity index (χ0) is 18.6. The molecule has 1 aliphatic heterocycles. The third-order valence-corrected chi connectivity index (χ3v) is 4.51. The van der Waals surface area contributed by atoms with E-state index in [4.69, 9.17) is 4.74 Å². The third kappa shape index (κ3) is 5.76. The molecule has 1 aliphatic rings. The van der Waals surface area contributed by atoms with Crippen molar-refractivity contribution in [2.75, 3.05) is 32.8 Å². The Kier molecular flexibility index (Phi) is 6.09. The minimum Gasteiger partial charge on any atom is -0.484 e. The minimum atomic E-state index is -0.0267. The lowest BCUT2D eigenvalue weighted by atomic mass is 9.91. The molecule has 2 amide bonds. The normalized spacial score (nSPS) is 15.2. The topological polar surface area (TPSA) is 49.9 Å². The van der Waals surface area contributed by atoms with Crippen LogP contribution in [0.2, 0.25) is 0 Å². The van der Waals surface area contributed by atoms with Gasteiger partial charge in [0.05, 0.1) is 0 Å². The van der Waals surface area contributed by atoms with Crippen LogP contribution in [-0.4, -0.2) is 54.4 Å². The molecule has 0 bridgehead atoms. The maximum atomic E-state index is 12.3. The van der Waals surface area contributed by atoms with Crippen LogP contribution < -0.4 is 4.74 Å². The summed E-state index contributed by atoms with van der Waals surface area (Å²) in [6, 6.07) is 5.83. The highest BCUT2D eigenvalue weighted by atomic mass is 16.5. The molecule has 1 fully saturated rings. The van der Waals surface area contributed by atoms with E-state index in [1.807, 2.05) is 36.9 Å². The van der Waals surface area contributed by atoms with Crippen molar-refractivity contribution in [1.29, 1.82) is 0 Å². The fraction of sp³-hybridized carbons (Fsp3) is 0.600. The first-order valence-electron chi connectivity index (χ1n) is 8.91. The first-order valence-corrected chi connectivity index (χ1v) is 8.91. The summed E-state index contributed by atoms with van der Waals surface area (Å²) in [7, 11) is 0. The molecule has 25 heavy (non-hydrogen) atoms. The van der Waals surface area contributed by atoms with Gasteiger partial charge in [-0.25, -0.2) is 0 Å². The Labute approximate surface area is 150 Å². The maximum Gasteiger partial charge on any atom is 0.260 e. The first-order chi connectivity index (χ1) is 11.7. The molecule has 1 heterocycles. The van der Waals surface area contributed by atoms with Crippen LogP contribution in [0.25, 0.3) is 0 Å². The molecular weight excluding hydrogens is 316 g/mol. The van der Waals surface area contributed by atoms with Gasteiger partial charge in [-0.05, 0) is 42.5 Å². The molecule has 5 nitrogen and oxygen atoms in total. The lowest BCUT2D eigenvalue weighted by Crippen LogP contribution is -2.52. The number of hydrogen-bond acceptors (Lipinski definition) is 3. The van der Waals surface area contributed by atoms with Gasteiger partial charge in [-0.1, -0.05) is 26.8 Å². The predicted molar refractivity (Wildman–Crippen MR) is 98.6 cm³/mol. The molecule has 0 spiro atoms. The first kappa shape index (κ1) is 19.3. The van der Waals surface area contributed by atoms with Crippen molar-refractivity contribution < 1.29 is 14.3 Å². The molecule has 0 N–H and O–H groups in total. The largest absolute Gasteiger partial charge is 0.484 e. The molecule has 0 saturated carbocycles. The summed E-state index contributed by atoms with van der Waals surface area (Å²) < 4.78 is 5.63. The molecule has 138 valence electrons. The second kappa shape index (κ2) is 7.89. The predicted octanol–water partition coefficient (Wildman–Crippen LogP) is 2.79. The Morgan fingerprint density at radius 3 is 2.04 bits per heavy atom. The number of aryl methyl sites for hydroxylation is 2. The molecular formula is C20H30N2O3.